The second-order valence-electron chi connectivity index (χ2n) is 8.17. The average molecular weight is 345 g/mol. The number of aromatic nitrogens is 1. The van der Waals surface area contributed by atoms with Crippen LogP contribution in [0, 0.1) is 6.92 Å². The third-order valence-electron chi connectivity index (χ3n) is 4.89. The number of piperazine rings is 1. The van der Waals surface area contributed by atoms with E-state index < -0.39 is 5.60 Å². The molecule has 0 spiro atoms. The summed E-state index contributed by atoms with van der Waals surface area (Å²) in [6, 6.07) is 2.28. The van der Waals surface area contributed by atoms with Crippen molar-refractivity contribution in [1.29, 1.82) is 0 Å². The first-order valence-electron chi connectivity index (χ1n) is 9.40. The minimum atomic E-state index is -0.423. The standard InChI is InChI=1S/C20H31N3O2/c1-15-14-17-16(6-5-7-18(17)21-15)8-9-22-10-12-23(13-11-22)19(24)25-20(2,3)4/h6,14,21H,5,7-13H2,1-4H3. The van der Waals surface area contributed by atoms with Gasteiger partial charge >= 0.3 is 6.09 Å². The molecule has 1 aliphatic heterocycles. The van der Waals surface area contributed by atoms with Gasteiger partial charge in [-0.2, -0.15) is 0 Å². The predicted molar refractivity (Wildman–Crippen MR) is 101 cm³/mol. The molecular formula is C20H31N3O2. The number of amides is 1. The van der Waals surface area contributed by atoms with Gasteiger partial charge in [-0.3, -0.25) is 4.90 Å². The number of H-pyrrole nitrogens is 1. The molecule has 0 aromatic carbocycles. The van der Waals surface area contributed by atoms with Crippen LogP contribution in [0.25, 0.3) is 5.57 Å². The van der Waals surface area contributed by atoms with Crippen molar-refractivity contribution in [3.05, 3.63) is 29.1 Å². The van der Waals surface area contributed by atoms with Gasteiger partial charge in [0.05, 0.1) is 0 Å². The van der Waals surface area contributed by atoms with E-state index in [0.717, 1.165) is 52.0 Å². The number of aromatic amines is 1. The second-order valence-corrected chi connectivity index (χ2v) is 8.17. The van der Waals surface area contributed by atoms with Gasteiger partial charge in [-0.05, 0) is 64.2 Å². The van der Waals surface area contributed by atoms with Crippen LogP contribution in [-0.2, 0) is 11.2 Å². The molecule has 5 heteroatoms. The largest absolute Gasteiger partial charge is 0.444 e. The van der Waals surface area contributed by atoms with E-state index in [1.54, 1.807) is 0 Å². The normalized spacial score (nSPS) is 18.7. The summed E-state index contributed by atoms with van der Waals surface area (Å²) in [7, 11) is 0. The fraction of sp³-hybridized carbons (Fsp3) is 0.650. The Balaban J connectivity index is 1.47. The van der Waals surface area contributed by atoms with E-state index in [4.69, 9.17) is 4.74 Å². The summed E-state index contributed by atoms with van der Waals surface area (Å²) in [5.74, 6) is 0. The molecule has 5 nitrogen and oxygen atoms in total. The van der Waals surface area contributed by atoms with E-state index in [9.17, 15) is 4.79 Å². The fourth-order valence-electron chi connectivity index (χ4n) is 3.63. The van der Waals surface area contributed by atoms with E-state index in [0.29, 0.717) is 0 Å². The summed E-state index contributed by atoms with van der Waals surface area (Å²) in [6.07, 6.45) is 5.55. The third kappa shape index (κ3) is 4.66. The topological polar surface area (TPSA) is 48.6 Å². The van der Waals surface area contributed by atoms with E-state index in [1.807, 2.05) is 25.7 Å². The zero-order chi connectivity index (χ0) is 18.0. The lowest BCUT2D eigenvalue weighted by molar-refractivity contribution is 0.0147. The van der Waals surface area contributed by atoms with Crippen LogP contribution in [0.2, 0.25) is 0 Å². The Morgan fingerprint density at radius 2 is 1.96 bits per heavy atom. The Kier molecular flexibility index (Phi) is 5.23. The number of fused-ring (bicyclic) bond motifs is 1. The van der Waals surface area contributed by atoms with Gasteiger partial charge in [0.1, 0.15) is 5.60 Å². The highest BCUT2D eigenvalue weighted by molar-refractivity contribution is 5.70. The Bertz CT molecular complexity index is 646. The lowest BCUT2D eigenvalue weighted by atomic mass is 9.94. The molecule has 0 radical (unpaired) electrons. The molecule has 1 fully saturated rings. The summed E-state index contributed by atoms with van der Waals surface area (Å²) < 4.78 is 5.46. The van der Waals surface area contributed by atoms with Crippen LogP contribution in [0.4, 0.5) is 4.79 Å². The van der Waals surface area contributed by atoms with Crippen LogP contribution >= 0.6 is 0 Å². The molecule has 1 N–H and O–H groups in total. The molecule has 1 aliphatic carbocycles. The highest BCUT2D eigenvalue weighted by Crippen LogP contribution is 2.29. The van der Waals surface area contributed by atoms with Crippen LogP contribution < -0.4 is 0 Å². The molecule has 0 atom stereocenters. The average Bonchev–Trinajstić information content (AvgIpc) is 2.92. The Hall–Kier alpha value is -1.75. The maximum atomic E-state index is 12.1. The zero-order valence-corrected chi connectivity index (χ0v) is 16.0. The van der Waals surface area contributed by atoms with Gasteiger partial charge in [0, 0.05) is 44.1 Å². The minimum absolute atomic E-state index is 0.186. The number of nitrogens with one attached hydrogen (secondary N) is 1. The van der Waals surface area contributed by atoms with Crippen molar-refractivity contribution in [2.45, 2.75) is 52.6 Å². The third-order valence-corrected chi connectivity index (χ3v) is 4.89. The molecule has 1 amide bonds. The van der Waals surface area contributed by atoms with Crippen molar-refractivity contribution in [2.75, 3.05) is 32.7 Å². The van der Waals surface area contributed by atoms with E-state index >= 15 is 0 Å². The second kappa shape index (κ2) is 7.24. The van der Waals surface area contributed by atoms with Gasteiger partial charge in [0.15, 0.2) is 0 Å². The highest BCUT2D eigenvalue weighted by atomic mass is 16.6. The van der Waals surface area contributed by atoms with Crippen LogP contribution in [-0.4, -0.2) is 59.2 Å². The molecule has 0 bridgehead atoms. The summed E-state index contributed by atoms with van der Waals surface area (Å²) in [4.78, 5) is 19.9. The van der Waals surface area contributed by atoms with Crippen molar-refractivity contribution in [2.24, 2.45) is 0 Å². The number of carbonyl (C=O) groups is 1. The van der Waals surface area contributed by atoms with E-state index in [2.05, 4.69) is 29.0 Å². The Morgan fingerprint density at radius 3 is 2.64 bits per heavy atom. The van der Waals surface area contributed by atoms with E-state index in [1.165, 1.54) is 22.5 Å². The maximum absolute atomic E-state index is 12.1. The molecule has 2 aliphatic rings. The van der Waals surface area contributed by atoms with Gasteiger partial charge in [-0.25, -0.2) is 4.79 Å². The number of ether oxygens (including phenoxy) is 1. The van der Waals surface area contributed by atoms with Crippen molar-refractivity contribution in [1.82, 2.24) is 14.8 Å². The Labute approximate surface area is 151 Å². The molecule has 1 aromatic heterocycles. The Morgan fingerprint density at radius 1 is 1.24 bits per heavy atom. The lowest BCUT2D eigenvalue weighted by Gasteiger charge is -2.35. The lowest BCUT2D eigenvalue weighted by Crippen LogP contribution is -2.50. The predicted octanol–water partition coefficient (Wildman–Crippen LogP) is 3.60. The van der Waals surface area contributed by atoms with Crippen molar-refractivity contribution < 1.29 is 9.53 Å². The molecule has 0 unspecified atom stereocenters. The molecule has 1 aromatic rings. The molecule has 1 saturated heterocycles. The number of allylic oxidation sites excluding steroid dienone is 1. The number of nitrogens with zero attached hydrogens (tertiary/aromatic N) is 2. The smallest absolute Gasteiger partial charge is 0.410 e. The zero-order valence-electron chi connectivity index (χ0n) is 16.0. The number of hydrogen-bond acceptors (Lipinski definition) is 3. The first-order valence-corrected chi connectivity index (χ1v) is 9.40. The minimum Gasteiger partial charge on any atom is -0.444 e. The SMILES string of the molecule is Cc1cc2c([nH]1)CCC=C2CCN1CCN(C(=O)OC(C)(C)C)CC1. The van der Waals surface area contributed by atoms with Crippen LogP contribution in [0.3, 0.4) is 0 Å². The van der Waals surface area contributed by atoms with Crippen molar-refractivity contribution >= 4 is 11.7 Å². The van der Waals surface area contributed by atoms with E-state index in [-0.39, 0.29) is 6.09 Å². The van der Waals surface area contributed by atoms with Crippen LogP contribution in [0.1, 0.15) is 50.6 Å². The van der Waals surface area contributed by atoms with Crippen molar-refractivity contribution in [3.63, 3.8) is 0 Å². The number of rotatable bonds is 3. The highest BCUT2D eigenvalue weighted by Gasteiger charge is 2.26. The number of aryl methyl sites for hydroxylation is 2. The van der Waals surface area contributed by atoms with Crippen LogP contribution in [0.15, 0.2) is 12.1 Å². The maximum Gasteiger partial charge on any atom is 0.410 e. The van der Waals surface area contributed by atoms with Gasteiger partial charge < -0.3 is 14.6 Å². The quantitative estimate of drug-likeness (QED) is 0.911. The molecule has 3 rings (SSSR count). The first kappa shape index (κ1) is 18.1. The number of carbonyl (C=O) groups excluding carboxylic acids is 1. The fourth-order valence-corrected chi connectivity index (χ4v) is 3.63. The first-order chi connectivity index (χ1) is 11.8. The molecular weight excluding hydrogens is 314 g/mol. The summed E-state index contributed by atoms with van der Waals surface area (Å²) in [5, 5.41) is 0. The summed E-state index contributed by atoms with van der Waals surface area (Å²) in [5.41, 5.74) is 5.11. The molecule has 0 saturated carbocycles. The van der Waals surface area contributed by atoms with Crippen LogP contribution in [0.5, 0.6) is 0 Å². The molecule has 138 valence electrons. The van der Waals surface area contributed by atoms with Gasteiger partial charge in [-0.15, -0.1) is 0 Å². The monoisotopic (exact) mass is 345 g/mol. The van der Waals surface area contributed by atoms with Gasteiger partial charge in [-0.1, -0.05) is 6.08 Å². The van der Waals surface area contributed by atoms with Gasteiger partial charge in [0.2, 0.25) is 0 Å². The molecule has 2 heterocycles. The van der Waals surface area contributed by atoms with Crippen molar-refractivity contribution in [3.8, 4) is 0 Å². The molecule has 25 heavy (non-hydrogen) atoms. The summed E-state index contributed by atoms with van der Waals surface area (Å²) in [6.45, 7) is 12.3. The summed E-state index contributed by atoms with van der Waals surface area (Å²) >= 11 is 0. The number of hydrogen-bond donors (Lipinski definition) is 1. The van der Waals surface area contributed by atoms with Gasteiger partial charge in [0.25, 0.3) is 0 Å².